The summed E-state index contributed by atoms with van der Waals surface area (Å²) >= 11 is 0. The normalized spacial score (nSPS) is 12.4. The van der Waals surface area contributed by atoms with Crippen molar-refractivity contribution in [2.75, 3.05) is 12.3 Å². The van der Waals surface area contributed by atoms with Crippen molar-refractivity contribution in [3.8, 4) is 0 Å². The van der Waals surface area contributed by atoms with Gasteiger partial charge in [-0.2, -0.15) is 0 Å². The summed E-state index contributed by atoms with van der Waals surface area (Å²) in [6.45, 7) is 1.42. The molecule has 0 radical (unpaired) electrons. The van der Waals surface area contributed by atoms with Crippen molar-refractivity contribution in [1.82, 2.24) is 5.32 Å². The van der Waals surface area contributed by atoms with Gasteiger partial charge in [-0.25, -0.2) is 12.8 Å². The quantitative estimate of drug-likeness (QED) is 0.716. The second-order valence-corrected chi connectivity index (χ2v) is 8.25. The van der Waals surface area contributed by atoms with Gasteiger partial charge in [0.2, 0.25) is 5.91 Å². The number of carboxylic acid groups (broad SMARTS) is 1. The van der Waals surface area contributed by atoms with Gasteiger partial charge in [-0.05, 0) is 35.4 Å². The molecule has 1 unspecified atom stereocenters. The molecule has 0 aliphatic rings. The number of carbonyl (C=O) groups excluding carboxylic acids is 1. The number of halogens is 1. The smallest absolute Gasteiger partial charge is 0.312 e. The summed E-state index contributed by atoms with van der Waals surface area (Å²) in [5.41, 5.74) is 0.995. The van der Waals surface area contributed by atoms with E-state index in [1.54, 1.807) is 19.1 Å². The van der Waals surface area contributed by atoms with E-state index in [9.17, 15) is 27.5 Å². The second kappa shape index (κ2) is 8.77. The molecule has 1 amide bonds. The van der Waals surface area contributed by atoms with Crippen molar-refractivity contribution in [2.45, 2.75) is 24.2 Å². The van der Waals surface area contributed by atoms with Crippen LogP contribution in [0.2, 0.25) is 0 Å². The zero-order valence-electron chi connectivity index (χ0n) is 14.7. The molecule has 0 aromatic heterocycles. The first kappa shape index (κ1) is 20.6. The van der Waals surface area contributed by atoms with Crippen LogP contribution in [0.25, 0.3) is 0 Å². The fourth-order valence-electron chi connectivity index (χ4n) is 2.49. The molecule has 0 saturated carbocycles. The molecule has 27 heavy (non-hydrogen) atoms. The number of amides is 1. The Morgan fingerprint density at radius 1 is 1.07 bits per heavy atom. The summed E-state index contributed by atoms with van der Waals surface area (Å²) in [6.07, 6.45) is -0.0117. The molecule has 144 valence electrons. The minimum Gasteiger partial charge on any atom is -0.481 e. The molecule has 6 nitrogen and oxygen atoms in total. The van der Waals surface area contributed by atoms with Gasteiger partial charge in [-0.15, -0.1) is 0 Å². The van der Waals surface area contributed by atoms with Crippen LogP contribution in [0.4, 0.5) is 4.39 Å². The van der Waals surface area contributed by atoms with E-state index in [0.29, 0.717) is 11.1 Å². The van der Waals surface area contributed by atoms with Crippen LogP contribution >= 0.6 is 0 Å². The molecule has 0 bridgehead atoms. The highest BCUT2D eigenvalue weighted by Crippen LogP contribution is 2.16. The zero-order valence-corrected chi connectivity index (χ0v) is 15.5. The Balaban J connectivity index is 1.98. The van der Waals surface area contributed by atoms with Gasteiger partial charge in [-0.1, -0.05) is 31.2 Å². The molecule has 0 aliphatic heterocycles. The number of nitrogens with one attached hydrogen (secondary N) is 1. The fraction of sp³-hybridized carbons (Fsp3) is 0.263. The Morgan fingerprint density at radius 2 is 1.67 bits per heavy atom. The highest BCUT2D eigenvalue weighted by molar-refractivity contribution is 7.91. The number of carbonyl (C=O) groups is 2. The predicted molar refractivity (Wildman–Crippen MR) is 97.7 cm³/mol. The number of rotatable bonds is 8. The summed E-state index contributed by atoms with van der Waals surface area (Å²) in [5.74, 6) is -3.00. The molecule has 2 aromatic carbocycles. The summed E-state index contributed by atoms with van der Waals surface area (Å²) in [6, 6.07) is 11.1. The van der Waals surface area contributed by atoms with E-state index in [1.165, 1.54) is 36.4 Å². The number of hydrogen-bond acceptors (Lipinski definition) is 4. The first-order valence-electron chi connectivity index (χ1n) is 8.29. The van der Waals surface area contributed by atoms with E-state index < -0.39 is 33.4 Å². The number of carboxylic acids is 1. The van der Waals surface area contributed by atoms with E-state index in [-0.39, 0.29) is 23.6 Å². The highest BCUT2D eigenvalue weighted by Gasteiger charge is 2.21. The van der Waals surface area contributed by atoms with Crippen LogP contribution in [-0.4, -0.2) is 37.7 Å². The van der Waals surface area contributed by atoms with E-state index in [1.807, 2.05) is 0 Å². The summed E-state index contributed by atoms with van der Waals surface area (Å²) in [4.78, 5) is 23.7. The van der Waals surface area contributed by atoms with Crippen LogP contribution in [0.3, 0.4) is 0 Å². The standard InChI is InChI=1S/C19H20FNO5S/c1-2-27(25,26)16-9-3-13(4-10-16)11-18(22)21-12-17(19(23)24)14-5-7-15(20)8-6-14/h3-10,17H,2,11-12H2,1H3,(H,21,22)(H,23,24). The molecule has 0 spiro atoms. The van der Waals surface area contributed by atoms with E-state index in [0.717, 1.165) is 0 Å². The minimum absolute atomic E-state index is 0.00715. The lowest BCUT2D eigenvalue weighted by atomic mass is 9.99. The fourth-order valence-corrected chi connectivity index (χ4v) is 3.37. The van der Waals surface area contributed by atoms with Crippen LogP contribution in [0.15, 0.2) is 53.4 Å². The Morgan fingerprint density at radius 3 is 2.19 bits per heavy atom. The third-order valence-electron chi connectivity index (χ3n) is 4.10. The van der Waals surface area contributed by atoms with Crippen molar-refractivity contribution >= 4 is 21.7 Å². The number of sulfone groups is 1. The van der Waals surface area contributed by atoms with Gasteiger partial charge < -0.3 is 10.4 Å². The highest BCUT2D eigenvalue weighted by atomic mass is 32.2. The minimum atomic E-state index is -3.30. The number of benzene rings is 2. The monoisotopic (exact) mass is 393 g/mol. The first-order valence-corrected chi connectivity index (χ1v) is 9.95. The Kier molecular flexibility index (Phi) is 6.68. The largest absolute Gasteiger partial charge is 0.481 e. The average Bonchev–Trinajstić information content (AvgIpc) is 2.63. The first-order chi connectivity index (χ1) is 12.7. The topological polar surface area (TPSA) is 101 Å². The molecule has 1 atom stereocenters. The maximum Gasteiger partial charge on any atom is 0.312 e. The van der Waals surface area contributed by atoms with Gasteiger partial charge in [0, 0.05) is 6.54 Å². The maximum atomic E-state index is 13.0. The van der Waals surface area contributed by atoms with E-state index >= 15 is 0 Å². The molecular formula is C19H20FNO5S. The SMILES string of the molecule is CCS(=O)(=O)c1ccc(CC(=O)NCC(C(=O)O)c2ccc(F)cc2)cc1. The molecule has 2 aromatic rings. The second-order valence-electron chi connectivity index (χ2n) is 5.97. The molecule has 8 heteroatoms. The van der Waals surface area contributed by atoms with E-state index in [4.69, 9.17) is 0 Å². The van der Waals surface area contributed by atoms with Crippen molar-refractivity contribution < 1.29 is 27.5 Å². The van der Waals surface area contributed by atoms with Crippen LogP contribution in [-0.2, 0) is 25.8 Å². The van der Waals surface area contributed by atoms with Gasteiger partial charge in [0.25, 0.3) is 0 Å². The molecule has 0 saturated heterocycles. The van der Waals surface area contributed by atoms with Crippen LogP contribution in [0.1, 0.15) is 24.0 Å². The van der Waals surface area contributed by atoms with Gasteiger partial charge >= 0.3 is 5.97 Å². The third-order valence-corrected chi connectivity index (χ3v) is 5.85. The van der Waals surface area contributed by atoms with Crippen molar-refractivity contribution in [1.29, 1.82) is 0 Å². The number of aliphatic carboxylic acids is 1. The van der Waals surface area contributed by atoms with Crippen molar-refractivity contribution in [3.63, 3.8) is 0 Å². The summed E-state index contributed by atoms with van der Waals surface area (Å²) < 4.78 is 36.5. The third kappa shape index (κ3) is 5.62. The van der Waals surface area contributed by atoms with Crippen LogP contribution in [0.5, 0.6) is 0 Å². The Hall–Kier alpha value is -2.74. The predicted octanol–water partition coefficient (Wildman–Crippen LogP) is 2.15. The molecule has 0 fully saturated rings. The molecular weight excluding hydrogens is 373 g/mol. The Bertz CT molecular complexity index is 908. The summed E-state index contributed by atoms with van der Waals surface area (Å²) in [5, 5.41) is 11.9. The average molecular weight is 393 g/mol. The maximum absolute atomic E-state index is 13.0. The lowest BCUT2D eigenvalue weighted by molar-refractivity contribution is -0.138. The lowest BCUT2D eigenvalue weighted by Crippen LogP contribution is -2.32. The molecule has 0 heterocycles. The zero-order chi connectivity index (χ0) is 20.0. The lowest BCUT2D eigenvalue weighted by Gasteiger charge is -2.14. The van der Waals surface area contributed by atoms with Gasteiger partial charge in [0.15, 0.2) is 9.84 Å². The van der Waals surface area contributed by atoms with Gasteiger partial charge in [-0.3, -0.25) is 9.59 Å². The van der Waals surface area contributed by atoms with Gasteiger partial charge in [0.1, 0.15) is 5.82 Å². The summed E-state index contributed by atoms with van der Waals surface area (Å²) in [7, 11) is -3.30. The van der Waals surface area contributed by atoms with Crippen molar-refractivity contribution in [3.05, 3.63) is 65.5 Å². The molecule has 2 rings (SSSR count). The van der Waals surface area contributed by atoms with Gasteiger partial charge in [0.05, 0.1) is 23.0 Å². The van der Waals surface area contributed by atoms with Crippen LogP contribution in [0, 0.1) is 5.82 Å². The number of hydrogen-bond donors (Lipinski definition) is 2. The van der Waals surface area contributed by atoms with Crippen molar-refractivity contribution in [2.24, 2.45) is 0 Å². The molecule has 2 N–H and O–H groups in total. The van der Waals surface area contributed by atoms with E-state index in [2.05, 4.69) is 5.32 Å². The molecule has 0 aliphatic carbocycles. The Labute approximate surface area is 157 Å². The van der Waals surface area contributed by atoms with Crippen LogP contribution < -0.4 is 5.32 Å².